The van der Waals surface area contributed by atoms with Crippen LogP contribution in [0, 0.1) is 16.7 Å². The summed E-state index contributed by atoms with van der Waals surface area (Å²) in [5.74, 6) is 0.570. The van der Waals surface area contributed by atoms with E-state index in [2.05, 4.69) is 20.8 Å². The lowest BCUT2D eigenvalue weighted by molar-refractivity contribution is -0.125. The fraction of sp³-hybridized carbons (Fsp3) is 0.591. The van der Waals surface area contributed by atoms with Gasteiger partial charge < -0.3 is 0 Å². The predicted octanol–water partition coefficient (Wildman–Crippen LogP) is 4.27. The smallest absolute Gasteiger partial charge is 0.243 e. The lowest BCUT2D eigenvalue weighted by Crippen LogP contribution is -2.35. The van der Waals surface area contributed by atoms with Gasteiger partial charge >= 0.3 is 0 Å². The van der Waals surface area contributed by atoms with E-state index in [-0.39, 0.29) is 16.6 Å². The molecule has 1 aliphatic heterocycles. The van der Waals surface area contributed by atoms with E-state index in [0.717, 1.165) is 43.2 Å². The number of carbonyl (C=O) groups excluding carboxylic acids is 1. The molecular weight excluding hydrogens is 358 g/mol. The van der Waals surface area contributed by atoms with Gasteiger partial charge in [-0.05, 0) is 66.4 Å². The molecule has 0 N–H and O–H groups in total. The largest absolute Gasteiger partial charge is 0.294 e. The Morgan fingerprint density at radius 1 is 1.04 bits per heavy atom. The molecule has 146 valence electrons. The van der Waals surface area contributed by atoms with Gasteiger partial charge in [0.2, 0.25) is 10.0 Å². The van der Waals surface area contributed by atoms with E-state index in [4.69, 9.17) is 0 Å². The van der Waals surface area contributed by atoms with Crippen molar-refractivity contribution in [2.24, 2.45) is 16.7 Å². The van der Waals surface area contributed by atoms with Crippen molar-refractivity contribution in [3.05, 3.63) is 35.4 Å². The maximum Gasteiger partial charge on any atom is 0.243 e. The summed E-state index contributed by atoms with van der Waals surface area (Å²) in [5.41, 5.74) is 1.55. The van der Waals surface area contributed by atoms with Gasteiger partial charge in [0.15, 0.2) is 5.78 Å². The Bertz CT molecular complexity index is 892. The molecule has 1 heterocycles. The van der Waals surface area contributed by atoms with E-state index in [1.807, 2.05) is 18.2 Å². The van der Waals surface area contributed by atoms with Crippen molar-refractivity contribution in [3.8, 4) is 0 Å². The molecule has 3 aliphatic rings. The van der Waals surface area contributed by atoms with Crippen LogP contribution in [0.1, 0.15) is 58.4 Å². The van der Waals surface area contributed by atoms with Crippen LogP contribution in [-0.4, -0.2) is 31.6 Å². The van der Waals surface area contributed by atoms with Crippen LogP contribution in [0.15, 0.2) is 34.7 Å². The highest BCUT2D eigenvalue weighted by Gasteiger charge is 2.63. The lowest BCUT2D eigenvalue weighted by Gasteiger charge is -2.31. The minimum atomic E-state index is -3.41. The zero-order chi connectivity index (χ0) is 19.4. The summed E-state index contributed by atoms with van der Waals surface area (Å²) < 4.78 is 27.2. The highest BCUT2D eigenvalue weighted by molar-refractivity contribution is 7.89. The molecule has 1 aromatic rings. The van der Waals surface area contributed by atoms with E-state index in [0.29, 0.717) is 23.9 Å². The zero-order valence-corrected chi connectivity index (χ0v) is 17.3. The van der Waals surface area contributed by atoms with E-state index in [1.165, 1.54) is 0 Å². The standard InChI is InChI=1S/C22H29NO3S/c1-21(2)19-11-12-22(21,3)20(24)18(19)15-16-7-9-17(10-8-16)27(25,26)23-13-5-4-6-14-23/h7-10,15,19H,4-6,11-14H2,1-3H3/b18-15+. The SMILES string of the molecule is CC12CCC(/C(=C\c3ccc(S(=O)(=O)N4CCCCC4)cc3)C1=O)C2(C)C. The molecule has 1 saturated heterocycles. The third-order valence-corrected chi connectivity index (χ3v) is 9.43. The first-order valence-electron chi connectivity index (χ1n) is 10.0. The molecule has 0 radical (unpaired) electrons. The van der Waals surface area contributed by atoms with Crippen LogP contribution in [0.3, 0.4) is 0 Å². The molecule has 27 heavy (non-hydrogen) atoms. The summed E-state index contributed by atoms with van der Waals surface area (Å²) in [4.78, 5) is 13.3. The van der Waals surface area contributed by atoms with Crippen LogP contribution in [0.2, 0.25) is 0 Å². The third-order valence-electron chi connectivity index (χ3n) is 7.52. The second-order valence-electron chi connectivity index (χ2n) is 9.11. The maximum absolute atomic E-state index is 13.0. The van der Waals surface area contributed by atoms with Gasteiger partial charge in [-0.2, -0.15) is 4.31 Å². The van der Waals surface area contributed by atoms with Gasteiger partial charge in [0.25, 0.3) is 0 Å². The van der Waals surface area contributed by atoms with Crippen molar-refractivity contribution >= 4 is 21.9 Å². The van der Waals surface area contributed by atoms with Crippen LogP contribution < -0.4 is 0 Å². The summed E-state index contributed by atoms with van der Waals surface area (Å²) in [6.45, 7) is 7.73. The maximum atomic E-state index is 13.0. The molecule has 2 unspecified atom stereocenters. The Labute approximate surface area is 162 Å². The molecule has 4 rings (SSSR count). The molecule has 0 aromatic heterocycles. The predicted molar refractivity (Wildman–Crippen MR) is 107 cm³/mol. The van der Waals surface area contributed by atoms with Crippen molar-refractivity contribution in [1.82, 2.24) is 4.31 Å². The monoisotopic (exact) mass is 387 g/mol. The zero-order valence-electron chi connectivity index (χ0n) is 16.5. The number of Topliss-reactive ketones (excluding diaryl/α,β-unsaturated/α-hetero) is 1. The van der Waals surface area contributed by atoms with Crippen LogP contribution in [0.5, 0.6) is 0 Å². The fourth-order valence-electron chi connectivity index (χ4n) is 5.26. The van der Waals surface area contributed by atoms with Crippen LogP contribution in [0.4, 0.5) is 0 Å². The normalized spacial score (nSPS) is 32.3. The van der Waals surface area contributed by atoms with Gasteiger partial charge in [0.1, 0.15) is 0 Å². The van der Waals surface area contributed by atoms with Gasteiger partial charge in [0.05, 0.1) is 4.90 Å². The first kappa shape index (κ1) is 18.9. The number of sulfonamides is 1. The van der Waals surface area contributed by atoms with Gasteiger partial charge in [-0.25, -0.2) is 8.42 Å². The number of fused-ring (bicyclic) bond motifs is 2. The number of rotatable bonds is 3. The minimum Gasteiger partial charge on any atom is -0.294 e. The number of allylic oxidation sites excluding steroid dienone is 1. The number of nitrogens with zero attached hydrogens (tertiary/aromatic N) is 1. The number of carbonyl (C=O) groups is 1. The quantitative estimate of drug-likeness (QED) is 0.728. The average molecular weight is 388 g/mol. The van der Waals surface area contributed by atoms with Gasteiger partial charge in [-0.15, -0.1) is 0 Å². The van der Waals surface area contributed by atoms with Gasteiger partial charge in [0, 0.05) is 18.5 Å². The van der Waals surface area contributed by atoms with Crippen LogP contribution >= 0.6 is 0 Å². The first-order valence-corrected chi connectivity index (χ1v) is 11.5. The second kappa shape index (κ2) is 6.28. The molecule has 4 nitrogen and oxygen atoms in total. The summed E-state index contributed by atoms with van der Waals surface area (Å²) >= 11 is 0. The number of hydrogen-bond donors (Lipinski definition) is 0. The molecule has 5 heteroatoms. The number of benzene rings is 1. The van der Waals surface area contributed by atoms with E-state index in [1.54, 1.807) is 16.4 Å². The first-order chi connectivity index (χ1) is 12.7. The fourth-order valence-corrected chi connectivity index (χ4v) is 6.78. The Morgan fingerprint density at radius 2 is 1.67 bits per heavy atom. The molecule has 0 amide bonds. The number of hydrogen-bond acceptors (Lipinski definition) is 3. The lowest BCUT2D eigenvalue weighted by atomic mass is 9.70. The summed E-state index contributed by atoms with van der Waals surface area (Å²) in [5, 5.41) is 0. The summed E-state index contributed by atoms with van der Waals surface area (Å²) in [6.07, 6.45) is 6.97. The topological polar surface area (TPSA) is 54.5 Å². The molecule has 2 saturated carbocycles. The highest BCUT2D eigenvalue weighted by atomic mass is 32.2. The Morgan fingerprint density at radius 3 is 2.22 bits per heavy atom. The van der Waals surface area contributed by atoms with Gasteiger partial charge in [-0.1, -0.05) is 39.3 Å². The third kappa shape index (κ3) is 2.73. The molecule has 2 aliphatic carbocycles. The Hall–Kier alpha value is -1.46. The molecule has 2 bridgehead atoms. The highest BCUT2D eigenvalue weighted by Crippen LogP contribution is 2.65. The molecule has 1 aromatic carbocycles. The van der Waals surface area contributed by atoms with E-state index in [9.17, 15) is 13.2 Å². The van der Waals surface area contributed by atoms with Crippen LogP contribution in [0.25, 0.3) is 6.08 Å². The summed E-state index contributed by atoms with van der Waals surface area (Å²) in [7, 11) is -3.41. The van der Waals surface area contributed by atoms with Crippen molar-refractivity contribution in [2.75, 3.05) is 13.1 Å². The van der Waals surface area contributed by atoms with Crippen molar-refractivity contribution in [1.29, 1.82) is 0 Å². The second-order valence-corrected chi connectivity index (χ2v) is 11.0. The Kier molecular flexibility index (Phi) is 4.39. The summed E-state index contributed by atoms with van der Waals surface area (Å²) in [6, 6.07) is 7.03. The Balaban J connectivity index is 1.61. The number of ketones is 1. The molecule has 0 spiro atoms. The average Bonchev–Trinajstić information content (AvgIpc) is 2.97. The van der Waals surface area contributed by atoms with Crippen molar-refractivity contribution in [2.45, 2.75) is 57.8 Å². The molecule has 3 fully saturated rings. The van der Waals surface area contributed by atoms with Crippen molar-refractivity contribution < 1.29 is 13.2 Å². The minimum absolute atomic E-state index is 0.00649. The van der Waals surface area contributed by atoms with E-state index < -0.39 is 10.0 Å². The van der Waals surface area contributed by atoms with Gasteiger partial charge in [-0.3, -0.25) is 4.79 Å². The van der Waals surface area contributed by atoms with Crippen molar-refractivity contribution in [3.63, 3.8) is 0 Å². The van der Waals surface area contributed by atoms with Crippen LogP contribution in [-0.2, 0) is 14.8 Å². The van der Waals surface area contributed by atoms with E-state index >= 15 is 0 Å². The number of piperidine rings is 1. The molecular formula is C22H29NO3S. The molecule has 2 atom stereocenters.